The van der Waals surface area contributed by atoms with Crippen molar-refractivity contribution in [1.82, 2.24) is 25.8 Å². The third kappa shape index (κ3) is 9.32. The van der Waals surface area contributed by atoms with Gasteiger partial charge in [-0.1, -0.05) is 86.7 Å². The maximum atomic E-state index is 14.8. The second kappa shape index (κ2) is 16.3. The molecule has 3 N–H and O–H groups in total. The van der Waals surface area contributed by atoms with Crippen LogP contribution in [-0.4, -0.2) is 93.2 Å². The number of halogens is 2. The molecule has 294 valence electrons. The molecular formula is C40H48Cl2N6O7. The zero-order valence-corrected chi connectivity index (χ0v) is 33.0. The highest BCUT2D eigenvalue weighted by atomic mass is 35.5. The SMILES string of the molecule is CCC[C@H](NC(=O)[C@@H]1C[C@]2(CC(c3cccc(Cl)c3)=NO2)CN1C(=O)[C@@H](NC(=O)[C@@H]1CCC(=O)N1Cc1cccc(Cl)c1)C(C)(C)C)C(=O)C(=O)NC1CC1. The van der Waals surface area contributed by atoms with Crippen molar-refractivity contribution in [2.75, 3.05) is 6.54 Å². The Morgan fingerprint density at radius 2 is 1.65 bits per heavy atom. The largest absolute Gasteiger partial charge is 0.387 e. The summed E-state index contributed by atoms with van der Waals surface area (Å²) in [6, 6.07) is 9.98. The molecule has 0 aromatic heterocycles. The van der Waals surface area contributed by atoms with Crippen molar-refractivity contribution in [3.8, 4) is 0 Å². The van der Waals surface area contributed by atoms with Crippen LogP contribution in [0.25, 0.3) is 0 Å². The van der Waals surface area contributed by atoms with Crippen LogP contribution in [0.4, 0.5) is 0 Å². The fourth-order valence-corrected chi connectivity index (χ4v) is 7.91. The number of hydrogen-bond acceptors (Lipinski definition) is 8. The number of carbonyl (C=O) groups excluding carboxylic acids is 6. The summed E-state index contributed by atoms with van der Waals surface area (Å²) in [5.41, 5.74) is 0.156. The van der Waals surface area contributed by atoms with Crippen molar-refractivity contribution in [1.29, 1.82) is 0 Å². The predicted octanol–water partition coefficient (Wildman–Crippen LogP) is 4.31. The van der Waals surface area contributed by atoms with Gasteiger partial charge in [0, 0.05) is 47.5 Å². The summed E-state index contributed by atoms with van der Waals surface area (Å²) in [5, 5.41) is 13.8. The van der Waals surface area contributed by atoms with Crippen LogP contribution in [0.3, 0.4) is 0 Å². The maximum absolute atomic E-state index is 14.8. The highest BCUT2D eigenvalue weighted by Gasteiger charge is 2.56. The molecule has 55 heavy (non-hydrogen) atoms. The van der Waals surface area contributed by atoms with Gasteiger partial charge in [0.25, 0.3) is 5.91 Å². The molecule has 5 amide bonds. The molecule has 3 heterocycles. The third-order valence-electron chi connectivity index (χ3n) is 10.6. The van der Waals surface area contributed by atoms with Crippen LogP contribution in [0.5, 0.6) is 0 Å². The number of benzene rings is 2. The van der Waals surface area contributed by atoms with Crippen molar-refractivity contribution in [2.45, 2.75) is 121 Å². The standard InChI is InChI=1S/C40H48Cl2N6O7/c1-5-8-28(33(50)37(53)43-27-13-14-27)44-36(52)31-20-40(19-29(46-55-40)24-10-7-12-26(42)18-24)22-48(31)38(54)34(39(2,3)4)45-35(51)30-15-16-32(49)47(30)21-23-9-6-11-25(41)17-23/h6-7,9-12,17-18,27-28,30-31,34H,5,8,13-16,19-22H2,1-4H3,(H,43,53)(H,44,52)(H,45,51)/t28-,30-,31-,34+,40+/m0/s1. The number of ketones is 1. The number of nitrogens with one attached hydrogen (secondary N) is 3. The molecule has 0 unspecified atom stereocenters. The Labute approximate surface area is 330 Å². The first-order chi connectivity index (χ1) is 26.1. The summed E-state index contributed by atoms with van der Waals surface area (Å²) in [4.78, 5) is 91.2. The van der Waals surface area contributed by atoms with Gasteiger partial charge in [0.2, 0.25) is 29.4 Å². The molecule has 1 aliphatic carbocycles. The van der Waals surface area contributed by atoms with E-state index in [1.165, 1.54) is 9.80 Å². The molecule has 2 saturated heterocycles. The topological polar surface area (TPSA) is 167 Å². The number of hydrogen-bond donors (Lipinski definition) is 3. The summed E-state index contributed by atoms with van der Waals surface area (Å²) in [6.07, 6.45) is 3.07. The normalized spacial score (nSPS) is 23.2. The second-order valence-electron chi connectivity index (χ2n) is 16.2. The fraction of sp³-hybridized carbons (Fsp3) is 0.525. The Hall–Kier alpha value is -4.49. The molecular weight excluding hydrogens is 747 g/mol. The maximum Gasteiger partial charge on any atom is 0.289 e. The van der Waals surface area contributed by atoms with Gasteiger partial charge in [-0.25, -0.2) is 0 Å². The van der Waals surface area contributed by atoms with E-state index in [1.54, 1.807) is 57.2 Å². The number of Topliss-reactive ketones (excluding diaryl/α,β-unsaturated/α-hetero) is 1. The Morgan fingerprint density at radius 3 is 2.31 bits per heavy atom. The Morgan fingerprint density at radius 1 is 0.964 bits per heavy atom. The molecule has 4 aliphatic rings. The molecule has 5 atom stereocenters. The lowest BCUT2D eigenvalue weighted by Crippen LogP contribution is -2.60. The van der Waals surface area contributed by atoms with Gasteiger partial charge < -0.3 is 30.6 Å². The molecule has 3 aliphatic heterocycles. The lowest BCUT2D eigenvalue weighted by Gasteiger charge is -2.37. The zero-order valence-electron chi connectivity index (χ0n) is 31.5. The van der Waals surface area contributed by atoms with Crippen LogP contribution < -0.4 is 16.0 Å². The van der Waals surface area contributed by atoms with Gasteiger partial charge in [0.1, 0.15) is 18.1 Å². The average Bonchev–Trinajstić information content (AvgIpc) is 3.55. The van der Waals surface area contributed by atoms with E-state index in [2.05, 4.69) is 21.1 Å². The van der Waals surface area contributed by atoms with E-state index in [0.29, 0.717) is 22.2 Å². The first kappa shape index (κ1) is 40.2. The summed E-state index contributed by atoms with van der Waals surface area (Å²) >= 11 is 12.5. The Balaban J connectivity index is 1.25. The molecule has 1 spiro atoms. The monoisotopic (exact) mass is 794 g/mol. The number of carbonyl (C=O) groups is 6. The molecule has 0 bridgehead atoms. The molecule has 3 fully saturated rings. The molecule has 0 radical (unpaired) electrons. The van der Waals surface area contributed by atoms with Gasteiger partial charge in [-0.3, -0.25) is 28.8 Å². The number of nitrogens with zero attached hydrogens (tertiary/aromatic N) is 3. The Kier molecular flexibility index (Phi) is 11.9. The van der Waals surface area contributed by atoms with Crippen LogP contribution in [0.15, 0.2) is 53.7 Å². The summed E-state index contributed by atoms with van der Waals surface area (Å²) in [5.74, 6) is -3.33. The number of oxime groups is 1. The van der Waals surface area contributed by atoms with Crippen LogP contribution in [-0.2, 0) is 40.1 Å². The highest BCUT2D eigenvalue weighted by molar-refractivity contribution is 6.38. The summed E-state index contributed by atoms with van der Waals surface area (Å²) < 4.78 is 0. The van der Waals surface area contributed by atoms with Crippen molar-refractivity contribution >= 4 is 64.2 Å². The van der Waals surface area contributed by atoms with Gasteiger partial charge in [-0.05, 0) is 60.9 Å². The van der Waals surface area contributed by atoms with E-state index in [1.807, 2.05) is 19.1 Å². The average molecular weight is 796 g/mol. The summed E-state index contributed by atoms with van der Waals surface area (Å²) in [7, 11) is 0. The lowest BCUT2D eigenvalue weighted by molar-refractivity contribution is -0.146. The van der Waals surface area contributed by atoms with Crippen LogP contribution in [0.2, 0.25) is 10.0 Å². The molecule has 1 saturated carbocycles. The minimum Gasteiger partial charge on any atom is -0.387 e. The molecule has 15 heteroatoms. The lowest BCUT2D eigenvalue weighted by atomic mass is 9.85. The van der Waals surface area contributed by atoms with Crippen LogP contribution in [0, 0.1) is 5.41 Å². The molecule has 2 aromatic rings. The molecule has 6 rings (SSSR count). The summed E-state index contributed by atoms with van der Waals surface area (Å²) in [6.45, 7) is 7.39. The van der Waals surface area contributed by atoms with Crippen molar-refractivity contribution in [2.24, 2.45) is 10.6 Å². The van der Waals surface area contributed by atoms with Crippen LogP contribution in [0.1, 0.15) is 90.2 Å². The van der Waals surface area contributed by atoms with Crippen molar-refractivity contribution in [3.63, 3.8) is 0 Å². The molecule has 2 aromatic carbocycles. The number of rotatable bonds is 13. The van der Waals surface area contributed by atoms with E-state index in [-0.39, 0.29) is 57.1 Å². The van der Waals surface area contributed by atoms with Crippen molar-refractivity contribution in [3.05, 3.63) is 69.7 Å². The first-order valence-corrected chi connectivity index (χ1v) is 19.6. The van der Waals surface area contributed by atoms with E-state index >= 15 is 0 Å². The van der Waals surface area contributed by atoms with Gasteiger partial charge in [-0.15, -0.1) is 0 Å². The smallest absolute Gasteiger partial charge is 0.289 e. The number of amides is 5. The quantitative estimate of drug-likeness (QED) is 0.254. The van der Waals surface area contributed by atoms with Gasteiger partial charge in [0.05, 0.1) is 18.3 Å². The van der Waals surface area contributed by atoms with E-state index < -0.39 is 64.6 Å². The predicted molar refractivity (Wildman–Crippen MR) is 206 cm³/mol. The minimum absolute atomic E-state index is 0.0365. The third-order valence-corrected chi connectivity index (χ3v) is 11.1. The molecule has 13 nitrogen and oxygen atoms in total. The van der Waals surface area contributed by atoms with Gasteiger partial charge in [-0.2, -0.15) is 0 Å². The zero-order chi connectivity index (χ0) is 39.7. The minimum atomic E-state index is -1.13. The number of likely N-dealkylation sites (tertiary alicyclic amines) is 2. The highest BCUT2D eigenvalue weighted by Crippen LogP contribution is 2.40. The second-order valence-corrected chi connectivity index (χ2v) is 17.0. The van der Waals surface area contributed by atoms with Crippen LogP contribution >= 0.6 is 23.2 Å². The van der Waals surface area contributed by atoms with Gasteiger partial charge in [0.15, 0.2) is 5.60 Å². The Bertz CT molecular complexity index is 1890. The fourth-order valence-electron chi connectivity index (χ4n) is 7.51. The van der Waals surface area contributed by atoms with E-state index in [4.69, 9.17) is 28.0 Å². The first-order valence-electron chi connectivity index (χ1n) is 18.9. The van der Waals surface area contributed by atoms with E-state index in [9.17, 15) is 28.8 Å². The van der Waals surface area contributed by atoms with E-state index in [0.717, 1.165) is 24.0 Å². The van der Waals surface area contributed by atoms with Crippen molar-refractivity contribution < 1.29 is 33.6 Å². The van der Waals surface area contributed by atoms with Gasteiger partial charge >= 0.3 is 0 Å².